The third-order valence-electron chi connectivity index (χ3n) is 18.2. The molecule has 0 saturated carbocycles. The predicted molar refractivity (Wildman–Crippen MR) is 426 cm³/mol. The number of hydrogen-bond acceptors (Lipinski definition) is 8. The van der Waals surface area contributed by atoms with Gasteiger partial charge in [0, 0.05) is 12.8 Å². The number of nitrogens with zero attached hydrogens (tertiary/aromatic N) is 1. The van der Waals surface area contributed by atoms with Gasteiger partial charge in [-0.25, -0.2) is 0 Å². The van der Waals surface area contributed by atoms with Gasteiger partial charge in [0.1, 0.15) is 13.2 Å². The van der Waals surface area contributed by atoms with E-state index in [0.29, 0.717) is 17.4 Å². The average molecular weight is 1380 g/mol. The van der Waals surface area contributed by atoms with E-state index in [2.05, 4.69) is 135 Å². The Morgan fingerprint density at radius 2 is 0.576 bits per heavy atom. The molecule has 0 saturated heterocycles. The van der Waals surface area contributed by atoms with Gasteiger partial charge in [0.05, 0.1) is 40.3 Å². The van der Waals surface area contributed by atoms with Crippen LogP contribution in [0.2, 0.25) is 0 Å². The maximum Gasteiger partial charge on any atom is 0.306 e. The highest BCUT2D eigenvalue weighted by molar-refractivity contribution is 5.70. The molecule has 0 aliphatic rings. The first kappa shape index (κ1) is 94.7. The molecule has 0 amide bonds. The highest BCUT2D eigenvalue weighted by Gasteiger charge is 2.22. The number of carbonyl (C=O) groups excluding carboxylic acids is 3. The number of hydrogen-bond donors (Lipinski definition) is 0. The highest BCUT2D eigenvalue weighted by atomic mass is 16.7. The summed E-state index contributed by atoms with van der Waals surface area (Å²) in [6.45, 7) is 4.64. The molecule has 0 aromatic rings. The van der Waals surface area contributed by atoms with E-state index in [1.54, 1.807) is 0 Å². The first-order valence-electron chi connectivity index (χ1n) is 41.7. The summed E-state index contributed by atoms with van der Waals surface area (Å²) in [6.07, 6.45) is 111. The molecule has 0 N–H and O–H groups in total. The molecule has 2 atom stereocenters. The van der Waals surface area contributed by atoms with Crippen molar-refractivity contribution in [2.75, 3.05) is 47.5 Å². The summed E-state index contributed by atoms with van der Waals surface area (Å²) < 4.78 is 22.8. The van der Waals surface area contributed by atoms with Crippen LogP contribution >= 0.6 is 0 Å². The summed E-state index contributed by atoms with van der Waals surface area (Å²) in [7, 11) is 5.93. The van der Waals surface area contributed by atoms with E-state index in [4.69, 9.17) is 18.9 Å². The Bertz CT molecular complexity index is 2050. The standard InChI is InChI=1S/C90H157NO8/c1-6-8-10-12-14-16-18-20-22-24-26-28-30-32-34-36-38-40-42-43-44-45-47-48-50-52-54-56-58-60-62-64-66-68-70-72-74-76-78-80-87(92)97-84-86(85-98-90(89(94)95)96-83-82-91(3,4)5)99-88(93)81-79-77-75-73-71-69-67-65-63-61-59-57-55-53-51-49-46-41-39-37-35-33-31-29-27-25-23-21-19-17-15-13-11-9-7-2/h9,11,15,17,21,23,27,29,33,35,39,41,49,51,55,57,61,63,67,69,86,90H,6-8,10,12-14,16,18-20,22,24-26,28,30-32,34,36-38,40,42-48,50,52-54,56,58-60,62,64-66,68,70-85H2,1-5H3/b11-9-,17-15-,23-21-,29-27-,35-33-,41-39-,51-49-,57-55-,63-61-,69-67-. The minimum Gasteiger partial charge on any atom is -0.545 e. The Hall–Kier alpha value is -4.31. The monoisotopic (exact) mass is 1380 g/mol. The maximum absolute atomic E-state index is 13.0. The molecule has 570 valence electrons. The number of carboxylic acid groups (broad SMARTS) is 1. The van der Waals surface area contributed by atoms with Crippen LogP contribution in [0.4, 0.5) is 0 Å². The van der Waals surface area contributed by atoms with Crippen molar-refractivity contribution in [1.82, 2.24) is 0 Å². The number of quaternary nitrogens is 1. The third-order valence-corrected chi connectivity index (χ3v) is 18.2. The molecule has 0 aromatic carbocycles. The van der Waals surface area contributed by atoms with Crippen molar-refractivity contribution in [3.8, 4) is 0 Å². The van der Waals surface area contributed by atoms with Crippen molar-refractivity contribution in [2.24, 2.45) is 0 Å². The number of ether oxygens (including phenoxy) is 4. The molecule has 0 rings (SSSR count). The number of carboxylic acids is 1. The Kier molecular flexibility index (Phi) is 75.9. The summed E-state index contributed by atoms with van der Waals surface area (Å²) >= 11 is 0. The first-order chi connectivity index (χ1) is 48.6. The van der Waals surface area contributed by atoms with Gasteiger partial charge in [-0.1, -0.05) is 392 Å². The zero-order valence-electron chi connectivity index (χ0n) is 65.3. The molecule has 0 heterocycles. The van der Waals surface area contributed by atoms with E-state index < -0.39 is 24.3 Å². The highest BCUT2D eigenvalue weighted by Crippen LogP contribution is 2.19. The van der Waals surface area contributed by atoms with E-state index >= 15 is 0 Å². The van der Waals surface area contributed by atoms with Gasteiger partial charge in [-0.2, -0.15) is 0 Å². The van der Waals surface area contributed by atoms with Crippen LogP contribution in [0.3, 0.4) is 0 Å². The first-order valence-corrected chi connectivity index (χ1v) is 41.7. The number of aliphatic carboxylic acids is 1. The lowest BCUT2D eigenvalue weighted by Gasteiger charge is -2.26. The van der Waals surface area contributed by atoms with Crippen molar-refractivity contribution in [3.63, 3.8) is 0 Å². The maximum atomic E-state index is 13.0. The second-order valence-corrected chi connectivity index (χ2v) is 29.0. The van der Waals surface area contributed by atoms with Gasteiger partial charge in [-0.15, -0.1) is 0 Å². The fourth-order valence-corrected chi connectivity index (χ4v) is 11.9. The Morgan fingerprint density at radius 1 is 0.313 bits per heavy atom. The lowest BCUT2D eigenvalue weighted by atomic mass is 10.0. The number of carbonyl (C=O) groups is 3. The molecule has 0 aliphatic carbocycles. The molecule has 9 nitrogen and oxygen atoms in total. The van der Waals surface area contributed by atoms with Crippen LogP contribution in [0.25, 0.3) is 0 Å². The fourth-order valence-electron chi connectivity index (χ4n) is 11.9. The van der Waals surface area contributed by atoms with Gasteiger partial charge in [-0.3, -0.25) is 9.59 Å². The number of esters is 2. The Morgan fingerprint density at radius 3 is 0.859 bits per heavy atom. The summed E-state index contributed by atoms with van der Waals surface area (Å²) in [5.74, 6) is -2.31. The second-order valence-electron chi connectivity index (χ2n) is 29.0. The average Bonchev–Trinajstić information content (AvgIpc) is 1.16. The molecular formula is C90H157NO8. The van der Waals surface area contributed by atoms with E-state index in [1.165, 1.54) is 231 Å². The molecule has 0 fully saturated rings. The van der Waals surface area contributed by atoms with Gasteiger partial charge in [0.15, 0.2) is 12.4 Å². The predicted octanol–water partition coefficient (Wildman–Crippen LogP) is 25.7. The van der Waals surface area contributed by atoms with Gasteiger partial charge < -0.3 is 33.3 Å². The molecule has 0 spiro atoms. The van der Waals surface area contributed by atoms with E-state index in [1.807, 2.05) is 21.1 Å². The van der Waals surface area contributed by atoms with Crippen molar-refractivity contribution in [3.05, 3.63) is 122 Å². The van der Waals surface area contributed by atoms with Gasteiger partial charge >= 0.3 is 11.9 Å². The lowest BCUT2D eigenvalue weighted by molar-refractivity contribution is -0.870. The lowest BCUT2D eigenvalue weighted by Crippen LogP contribution is -2.44. The minimum absolute atomic E-state index is 0.138. The van der Waals surface area contributed by atoms with Crippen LogP contribution < -0.4 is 5.11 Å². The van der Waals surface area contributed by atoms with Crippen molar-refractivity contribution < 1.29 is 42.9 Å². The van der Waals surface area contributed by atoms with E-state index in [0.717, 1.165) is 109 Å². The van der Waals surface area contributed by atoms with Gasteiger partial charge in [-0.05, 0) is 89.9 Å². The zero-order chi connectivity index (χ0) is 71.8. The molecule has 0 radical (unpaired) electrons. The SMILES string of the molecule is CC/C=C\C/C=C\C/C=C\C/C=C\C/C=C\C/C=C\C/C=C\C/C=C\C/C=C\C/C=C\CCCCCCC(=O)OC(COC(=O)CCCCCCCCCCCCCCCCCCCCCCCCCCCCCCCCCCCCCCCCC)COC(OCC[N+](C)(C)C)C(=O)[O-]. The summed E-state index contributed by atoms with van der Waals surface area (Å²) in [6, 6.07) is 0. The molecule has 9 heteroatoms. The van der Waals surface area contributed by atoms with Gasteiger partial charge in [0.2, 0.25) is 0 Å². The minimum atomic E-state index is -1.64. The Labute approximate surface area is 612 Å². The largest absolute Gasteiger partial charge is 0.545 e. The van der Waals surface area contributed by atoms with Crippen LogP contribution in [-0.2, 0) is 33.3 Å². The molecule has 0 bridgehead atoms. The quantitative estimate of drug-likeness (QED) is 0.0195. The van der Waals surface area contributed by atoms with E-state index in [-0.39, 0.29) is 38.6 Å². The topological polar surface area (TPSA) is 111 Å². The third kappa shape index (κ3) is 80.9. The van der Waals surface area contributed by atoms with Crippen molar-refractivity contribution in [1.29, 1.82) is 0 Å². The number of rotatable bonds is 77. The molecular weight excluding hydrogens is 1220 g/mol. The number of allylic oxidation sites excluding steroid dienone is 20. The fraction of sp³-hybridized carbons (Fsp3) is 0.744. The van der Waals surface area contributed by atoms with Crippen LogP contribution in [0.15, 0.2) is 122 Å². The summed E-state index contributed by atoms with van der Waals surface area (Å²) in [4.78, 5) is 37.6. The molecule has 99 heavy (non-hydrogen) atoms. The second kappa shape index (κ2) is 79.4. The molecule has 0 aromatic heterocycles. The number of unbranched alkanes of at least 4 members (excludes halogenated alkanes) is 42. The number of likely N-dealkylation sites (N-methyl/N-ethyl adjacent to an activating group) is 1. The smallest absolute Gasteiger partial charge is 0.306 e. The summed E-state index contributed by atoms with van der Waals surface area (Å²) in [5, 5.41) is 11.9. The normalized spacial score (nSPS) is 13.3. The Balaban J connectivity index is 4.06. The van der Waals surface area contributed by atoms with E-state index in [9.17, 15) is 19.5 Å². The van der Waals surface area contributed by atoms with Crippen molar-refractivity contribution in [2.45, 2.75) is 386 Å². The van der Waals surface area contributed by atoms with Crippen LogP contribution in [0, 0.1) is 0 Å². The molecule has 2 unspecified atom stereocenters. The van der Waals surface area contributed by atoms with Gasteiger partial charge in [0.25, 0.3) is 0 Å². The van der Waals surface area contributed by atoms with Crippen molar-refractivity contribution >= 4 is 17.9 Å². The van der Waals surface area contributed by atoms with Crippen LogP contribution in [0.5, 0.6) is 0 Å². The van der Waals surface area contributed by atoms with Crippen LogP contribution in [0.1, 0.15) is 373 Å². The molecule has 0 aliphatic heterocycles. The zero-order valence-corrected chi connectivity index (χ0v) is 65.3. The summed E-state index contributed by atoms with van der Waals surface area (Å²) in [5.41, 5.74) is 0. The van der Waals surface area contributed by atoms with Crippen LogP contribution in [-0.4, -0.2) is 82.3 Å².